The summed E-state index contributed by atoms with van der Waals surface area (Å²) in [5.74, 6) is -0.580. The van der Waals surface area contributed by atoms with Crippen LogP contribution in [0.25, 0.3) is 0 Å². The third kappa shape index (κ3) is 4.42. The molecule has 0 saturated carbocycles. The standard InChI is InChI=1S/C17H13N5O/c18-9-13-5-1-2-7-16(13)22-17(23)14(10-19)11-20-12-15-6-3-4-8-21-15/h1-8,11,20H,12H2,(H,22,23)/b14-11-. The number of para-hydroxylation sites is 1. The van der Waals surface area contributed by atoms with Crippen molar-refractivity contribution in [3.63, 3.8) is 0 Å². The number of carbonyl (C=O) groups is 1. The van der Waals surface area contributed by atoms with Crippen LogP contribution in [-0.2, 0) is 11.3 Å². The molecule has 0 radical (unpaired) electrons. The number of anilines is 1. The van der Waals surface area contributed by atoms with Gasteiger partial charge in [-0.3, -0.25) is 9.78 Å². The Labute approximate surface area is 133 Å². The number of rotatable bonds is 5. The third-order valence-electron chi connectivity index (χ3n) is 2.92. The van der Waals surface area contributed by atoms with Crippen molar-refractivity contribution in [2.24, 2.45) is 0 Å². The Morgan fingerprint density at radius 3 is 2.65 bits per heavy atom. The minimum Gasteiger partial charge on any atom is -0.384 e. The third-order valence-corrected chi connectivity index (χ3v) is 2.92. The zero-order chi connectivity index (χ0) is 16.5. The van der Waals surface area contributed by atoms with Crippen molar-refractivity contribution >= 4 is 11.6 Å². The van der Waals surface area contributed by atoms with Gasteiger partial charge in [0.05, 0.1) is 23.5 Å². The van der Waals surface area contributed by atoms with Crippen LogP contribution >= 0.6 is 0 Å². The van der Waals surface area contributed by atoms with Crippen LogP contribution in [0.5, 0.6) is 0 Å². The van der Waals surface area contributed by atoms with Crippen LogP contribution in [0.2, 0.25) is 0 Å². The monoisotopic (exact) mass is 303 g/mol. The SMILES string of the molecule is N#C/C(=C/NCc1ccccn1)C(=O)Nc1ccccc1C#N. The molecule has 1 aromatic heterocycles. The number of hydrogen-bond donors (Lipinski definition) is 2. The molecule has 1 heterocycles. The number of nitriles is 2. The summed E-state index contributed by atoms with van der Waals surface area (Å²) in [5.41, 5.74) is 1.40. The van der Waals surface area contributed by atoms with Crippen molar-refractivity contribution in [3.8, 4) is 12.1 Å². The van der Waals surface area contributed by atoms with E-state index < -0.39 is 5.91 Å². The lowest BCUT2D eigenvalue weighted by atomic mass is 10.2. The summed E-state index contributed by atoms with van der Waals surface area (Å²) in [6.07, 6.45) is 3.00. The number of nitrogens with zero attached hydrogens (tertiary/aromatic N) is 3. The number of amides is 1. The maximum Gasteiger partial charge on any atom is 0.267 e. The van der Waals surface area contributed by atoms with Crippen molar-refractivity contribution < 1.29 is 4.79 Å². The van der Waals surface area contributed by atoms with Gasteiger partial charge in [0, 0.05) is 12.4 Å². The Morgan fingerprint density at radius 1 is 1.17 bits per heavy atom. The predicted octanol–water partition coefficient (Wildman–Crippen LogP) is 2.09. The molecule has 0 saturated heterocycles. The van der Waals surface area contributed by atoms with Crippen molar-refractivity contribution in [1.29, 1.82) is 10.5 Å². The minimum atomic E-state index is -0.580. The second kappa shape index (κ2) is 7.96. The van der Waals surface area contributed by atoms with Gasteiger partial charge in [-0.15, -0.1) is 0 Å². The maximum atomic E-state index is 12.1. The van der Waals surface area contributed by atoms with Gasteiger partial charge in [0.1, 0.15) is 17.7 Å². The normalized spacial score (nSPS) is 10.3. The van der Waals surface area contributed by atoms with Crippen LogP contribution in [0.3, 0.4) is 0 Å². The summed E-state index contributed by atoms with van der Waals surface area (Å²) >= 11 is 0. The van der Waals surface area contributed by atoms with Crippen LogP contribution < -0.4 is 10.6 Å². The Balaban J connectivity index is 2.03. The molecule has 0 aliphatic rings. The summed E-state index contributed by atoms with van der Waals surface area (Å²) in [6, 6.07) is 15.9. The van der Waals surface area contributed by atoms with E-state index in [1.54, 1.807) is 36.5 Å². The Bertz CT molecular complexity index is 800. The predicted molar refractivity (Wildman–Crippen MR) is 84.6 cm³/mol. The molecule has 0 bridgehead atoms. The number of pyridine rings is 1. The second-order valence-corrected chi connectivity index (χ2v) is 4.48. The molecule has 0 unspecified atom stereocenters. The molecule has 1 amide bonds. The summed E-state index contributed by atoms with van der Waals surface area (Å²) in [4.78, 5) is 16.2. The first-order chi connectivity index (χ1) is 11.2. The lowest BCUT2D eigenvalue weighted by Crippen LogP contribution is -2.17. The topological polar surface area (TPSA) is 102 Å². The zero-order valence-electron chi connectivity index (χ0n) is 12.2. The molecule has 112 valence electrons. The molecule has 2 rings (SSSR count). The van der Waals surface area contributed by atoms with E-state index in [4.69, 9.17) is 10.5 Å². The molecule has 2 aromatic rings. The lowest BCUT2D eigenvalue weighted by molar-refractivity contribution is -0.112. The van der Waals surface area contributed by atoms with Crippen LogP contribution in [0.1, 0.15) is 11.3 Å². The number of aromatic nitrogens is 1. The molecule has 1 aromatic carbocycles. The van der Waals surface area contributed by atoms with Crippen molar-refractivity contribution in [3.05, 3.63) is 71.7 Å². The number of benzene rings is 1. The summed E-state index contributed by atoms with van der Waals surface area (Å²) in [5, 5.41) is 23.5. The van der Waals surface area contributed by atoms with Crippen LogP contribution in [0, 0.1) is 22.7 Å². The molecule has 2 N–H and O–H groups in total. The van der Waals surface area contributed by atoms with Gasteiger partial charge in [-0.05, 0) is 24.3 Å². The van der Waals surface area contributed by atoms with Gasteiger partial charge >= 0.3 is 0 Å². The smallest absolute Gasteiger partial charge is 0.267 e. The van der Waals surface area contributed by atoms with Crippen molar-refractivity contribution in [2.75, 3.05) is 5.32 Å². The number of hydrogen-bond acceptors (Lipinski definition) is 5. The lowest BCUT2D eigenvalue weighted by Gasteiger charge is -2.06. The minimum absolute atomic E-state index is 0.0892. The summed E-state index contributed by atoms with van der Waals surface area (Å²) in [7, 11) is 0. The Kier molecular flexibility index (Phi) is 5.45. The first-order valence-corrected chi connectivity index (χ1v) is 6.78. The molecule has 0 aliphatic carbocycles. The number of nitrogens with one attached hydrogen (secondary N) is 2. The molecule has 0 aliphatic heterocycles. The Morgan fingerprint density at radius 2 is 1.96 bits per heavy atom. The highest BCUT2D eigenvalue weighted by molar-refractivity contribution is 6.07. The van der Waals surface area contributed by atoms with Gasteiger partial charge in [-0.25, -0.2) is 0 Å². The van der Waals surface area contributed by atoms with Crippen molar-refractivity contribution in [2.45, 2.75) is 6.54 Å². The molecule has 0 atom stereocenters. The molecular formula is C17H13N5O. The highest BCUT2D eigenvalue weighted by Gasteiger charge is 2.11. The van der Waals surface area contributed by atoms with E-state index in [1.165, 1.54) is 6.20 Å². The van der Waals surface area contributed by atoms with E-state index in [1.807, 2.05) is 24.3 Å². The molecule has 23 heavy (non-hydrogen) atoms. The average molecular weight is 303 g/mol. The van der Waals surface area contributed by atoms with E-state index in [2.05, 4.69) is 15.6 Å². The van der Waals surface area contributed by atoms with Gasteiger partial charge in [-0.1, -0.05) is 18.2 Å². The molecule has 6 heteroatoms. The van der Waals surface area contributed by atoms with Crippen molar-refractivity contribution in [1.82, 2.24) is 10.3 Å². The first-order valence-electron chi connectivity index (χ1n) is 6.78. The van der Waals surface area contributed by atoms with Gasteiger partial charge in [0.2, 0.25) is 0 Å². The van der Waals surface area contributed by atoms with Gasteiger partial charge in [0.25, 0.3) is 5.91 Å². The number of carbonyl (C=O) groups excluding carboxylic acids is 1. The van der Waals surface area contributed by atoms with E-state index in [0.29, 0.717) is 17.8 Å². The summed E-state index contributed by atoms with van der Waals surface area (Å²) < 4.78 is 0. The van der Waals surface area contributed by atoms with E-state index in [0.717, 1.165) is 5.69 Å². The quantitative estimate of drug-likeness (QED) is 0.650. The van der Waals surface area contributed by atoms with E-state index in [9.17, 15) is 4.79 Å². The first kappa shape index (κ1) is 15.7. The highest BCUT2D eigenvalue weighted by Crippen LogP contribution is 2.14. The Hall–Kier alpha value is -3.64. The zero-order valence-corrected chi connectivity index (χ0v) is 12.2. The van der Waals surface area contributed by atoms with Gasteiger partial charge in [0.15, 0.2) is 0 Å². The van der Waals surface area contributed by atoms with Crippen LogP contribution in [0.15, 0.2) is 60.4 Å². The second-order valence-electron chi connectivity index (χ2n) is 4.48. The highest BCUT2D eigenvalue weighted by atomic mass is 16.1. The largest absolute Gasteiger partial charge is 0.384 e. The van der Waals surface area contributed by atoms with Gasteiger partial charge < -0.3 is 10.6 Å². The van der Waals surface area contributed by atoms with E-state index in [-0.39, 0.29) is 5.57 Å². The molecule has 6 nitrogen and oxygen atoms in total. The van der Waals surface area contributed by atoms with E-state index >= 15 is 0 Å². The molecule has 0 spiro atoms. The fraction of sp³-hybridized carbons (Fsp3) is 0.0588. The van der Waals surface area contributed by atoms with Crippen LogP contribution in [-0.4, -0.2) is 10.9 Å². The van der Waals surface area contributed by atoms with Gasteiger partial charge in [-0.2, -0.15) is 10.5 Å². The van der Waals surface area contributed by atoms with Crippen LogP contribution in [0.4, 0.5) is 5.69 Å². The molecular weight excluding hydrogens is 290 g/mol. The average Bonchev–Trinajstić information content (AvgIpc) is 2.60. The molecule has 0 fully saturated rings. The maximum absolute atomic E-state index is 12.1. The fourth-order valence-electron chi connectivity index (χ4n) is 1.79. The summed E-state index contributed by atoms with van der Waals surface area (Å²) in [6.45, 7) is 0.397. The fourth-order valence-corrected chi connectivity index (χ4v) is 1.79.